The molecule has 1 N–H and O–H groups in total. The second-order valence-electron chi connectivity index (χ2n) is 9.46. The quantitative estimate of drug-likeness (QED) is 0.412. The molecule has 1 fully saturated rings. The molecule has 1 atom stereocenters. The first-order valence-corrected chi connectivity index (χ1v) is 12.1. The van der Waals surface area contributed by atoms with E-state index in [4.69, 9.17) is 0 Å². The number of carbonyl (C=O) groups excluding carboxylic acids is 1. The van der Waals surface area contributed by atoms with Crippen LogP contribution in [-0.2, 0) is 6.42 Å². The molecule has 1 amide bonds. The molecular weight excluding hydrogens is 457 g/mol. The molecule has 1 aromatic carbocycles. The van der Waals surface area contributed by atoms with E-state index in [9.17, 15) is 14.4 Å². The summed E-state index contributed by atoms with van der Waals surface area (Å²) in [7, 11) is 0. The van der Waals surface area contributed by atoms with E-state index in [0.29, 0.717) is 40.9 Å². The lowest BCUT2D eigenvalue weighted by Gasteiger charge is -2.14. The van der Waals surface area contributed by atoms with Crippen molar-refractivity contribution in [2.24, 2.45) is 0 Å². The topological polar surface area (TPSA) is 101 Å². The Morgan fingerprint density at radius 3 is 2.92 bits per heavy atom. The summed E-state index contributed by atoms with van der Waals surface area (Å²) >= 11 is 0. The molecule has 1 aliphatic carbocycles. The van der Waals surface area contributed by atoms with Crippen LogP contribution in [0, 0.1) is 24.1 Å². The molecule has 36 heavy (non-hydrogen) atoms. The molecule has 1 aliphatic heterocycles. The number of imidazole rings is 2. The second-order valence-corrected chi connectivity index (χ2v) is 9.46. The zero-order valence-corrected chi connectivity index (χ0v) is 19.8. The van der Waals surface area contributed by atoms with Gasteiger partial charge in [-0.1, -0.05) is 6.07 Å². The van der Waals surface area contributed by atoms with E-state index >= 15 is 0 Å². The maximum absolute atomic E-state index is 14.9. The number of aryl methyl sites for hydroxylation is 2. The molecule has 6 rings (SSSR count). The molecule has 4 aromatic rings. The van der Waals surface area contributed by atoms with Gasteiger partial charge in [0.05, 0.1) is 35.8 Å². The normalized spacial score (nSPS) is 16.5. The molecule has 0 radical (unpaired) electrons. The number of carbonyl (C=O) groups is 1. The van der Waals surface area contributed by atoms with E-state index in [1.165, 1.54) is 6.07 Å². The molecule has 2 aliphatic rings. The van der Waals surface area contributed by atoms with Crippen LogP contribution >= 0.6 is 0 Å². The number of nitriles is 1. The summed E-state index contributed by atoms with van der Waals surface area (Å²) in [5.74, 6) is 0.271. The smallest absolute Gasteiger partial charge is 0.259 e. The number of nitrogens with zero attached hydrogens (tertiary/aromatic N) is 6. The van der Waals surface area contributed by atoms with Crippen LogP contribution in [0.2, 0.25) is 0 Å². The van der Waals surface area contributed by atoms with Gasteiger partial charge in [0.1, 0.15) is 17.3 Å². The Kier molecular flexibility index (Phi) is 5.37. The summed E-state index contributed by atoms with van der Waals surface area (Å²) < 4.78 is 18.8. The number of nitrogens with one attached hydrogen (secondary N) is 1. The van der Waals surface area contributed by atoms with Crippen LogP contribution < -0.4 is 5.32 Å². The monoisotopic (exact) mass is 481 g/mol. The number of amides is 1. The fourth-order valence-electron chi connectivity index (χ4n) is 4.91. The number of rotatable bonds is 6. The van der Waals surface area contributed by atoms with E-state index in [1.807, 2.05) is 30.0 Å². The Bertz CT molecular complexity index is 1530. The summed E-state index contributed by atoms with van der Waals surface area (Å²) in [6, 6.07) is 10.5. The van der Waals surface area contributed by atoms with E-state index in [-0.39, 0.29) is 11.6 Å². The lowest BCUT2D eigenvalue weighted by molar-refractivity contribution is 0.102. The first-order valence-electron chi connectivity index (χ1n) is 12.1. The van der Waals surface area contributed by atoms with Crippen molar-refractivity contribution in [3.63, 3.8) is 0 Å². The highest BCUT2D eigenvalue weighted by Crippen LogP contribution is 2.39. The van der Waals surface area contributed by atoms with Crippen molar-refractivity contribution in [3.8, 4) is 23.3 Å². The van der Waals surface area contributed by atoms with Gasteiger partial charge in [-0.2, -0.15) is 5.26 Å². The molecule has 0 bridgehead atoms. The van der Waals surface area contributed by atoms with Gasteiger partial charge < -0.3 is 14.5 Å². The highest BCUT2D eigenvalue weighted by atomic mass is 19.1. The summed E-state index contributed by atoms with van der Waals surface area (Å²) in [6.45, 7) is 1.81. The zero-order chi connectivity index (χ0) is 24.8. The highest BCUT2D eigenvalue weighted by molar-refractivity contribution is 6.04. The number of pyridine rings is 1. The third-order valence-electron chi connectivity index (χ3n) is 6.93. The van der Waals surface area contributed by atoms with E-state index < -0.39 is 11.7 Å². The number of anilines is 1. The van der Waals surface area contributed by atoms with Gasteiger partial charge in [0.15, 0.2) is 5.82 Å². The molecule has 9 heteroatoms. The Labute approximate surface area is 207 Å². The van der Waals surface area contributed by atoms with Crippen molar-refractivity contribution >= 4 is 11.7 Å². The number of fused-ring (bicyclic) bond motifs is 1. The summed E-state index contributed by atoms with van der Waals surface area (Å²) in [5.41, 5.74) is 4.02. The van der Waals surface area contributed by atoms with Gasteiger partial charge in [0.25, 0.3) is 5.91 Å². The highest BCUT2D eigenvalue weighted by Gasteiger charge is 2.27. The minimum atomic E-state index is -0.599. The first-order chi connectivity index (χ1) is 17.5. The number of hydrogen-bond donors (Lipinski definition) is 1. The maximum atomic E-state index is 14.9. The minimum absolute atomic E-state index is 0.0613. The van der Waals surface area contributed by atoms with Gasteiger partial charge in [-0.15, -0.1) is 0 Å². The summed E-state index contributed by atoms with van der Waals surface area (Å²) in [5, 5.41) is 11.9. The van der Waals surface area contributed by atoms with E-state index in [2.05, 4.69) is 30.9 Å². The van der Waals surface area contributed by atoms with Crippen molar-refractivity contribution in [3.05, 3.63) is 77.4 Å². The van der Waals surface area contributed by atoms with Crippen LogP contribution in [0.1, 0.15) is 65.0 Å². The van der Waals surface area contributed by atoms with Gasteiger partial charge in [-0.25, -0.2) is 19.3 Å². The van der Waals surface area contributed by atoms with E-state index in [1.54, 1.807) is 24.5 Å². The lowest BCUT2D eigenvalue weighted by atomic mass is 10.1. The maximum Gasteiger partial charge on any atom is 0.259 e. The molecule has 3 aromatic heterocycles. The van der Waals surface area contributed by atoms with Crippen LogP contribution in [0.15, 0.2) is 49.1 Å². The average molecular weight is 482 g/mol. The number of aromatic nitrogens is 5. The number of halogens is 1. The predicted molar refractivity (Wildman–Crippen MR) is 131 cm³/mol. The first kappa shape index (κ1) is 22.2. The fraction of sp³-hybridized carbons (Fsp3) is 0.296. The van der Waals surface area contributed by atoms with Gasteiger partial charge in [0.2, 0.25) is 0 Å². The molecule has 0 unspecified atom stereocenters. The Hall–Kier alpha value is -4.32. The molecular formula is C27H24FN7O. The minimum Gasteiger partial charge on any atom is -0.323 e. The van der Waals surface area contributed by atoms with Crippen LogP contribution in [0.25, 0.3) is 17.2 Å². The summed E-state index contributed by atoms with van der Waals surface area (Å²) in [4.78, 5) is 26.7. The van der Waals surface area contributed by atoms with Crippen molar-refractivity contribution in [1.82, 2.24) is 24.1 Å². The Morgan fingerprint density at radius 2 is 2.11 bits per heavy atom. The third-order valence-corrected chi connectivity index (χ3v) is 6.93. The zero-order valence-electron chi connectivity index (χ0n) is 19.8. The van der Waals surface area contributed by atoms with Crippen LogP contribution in [0.5, 0.6) is 0 Å². The molecule has 4 heterocycles. The van der Waals surface area contributed by atoms with Gasteiger partial charge in [-0.05, 0) is 62.4 Å². The molecule has 0 saturated heterocycles. The Morgan fingerprint density at radius 1 is 1.25 bits per heavy atom. The number of hydrogen-bond acceptors (Lipinski definition) is 5. The lowest BCUT2D eigenvalue weighted by Crippen LogP contribution is -2.16. The fourth-order valence-corrected chi connectivity index (χ4v) is 4.91. The Balaban J connectivity index is 1.27. The number of benzene rings is 1. The van der Waals surface area contributed by atoms with Gasteiger partial charge in [-0.3, -0.25) is 4.79 Å². The molecule has 8 nitrogen and oxygen atoms in total. The van der Waals surface area contributed by atoms with Crippen LogP contribution in [-0.4, -0.2) is 30.0 Å². The van der Waals surface area contributed by atoms with Crippen molar-refractivity contribution < 1.29 is 9.18 Å². The van der Waals surface area contributed by atoms with Gasteiger partial charge in [0, 0.05) is 30.0 Å². The van der Waals surface area contributed by atoms with Crippen molar-refractivity contribution in [1.29, 1.82) is 5.26 Å². The largest absolute Gasteiger partial charge is 0.323 e. The second kappa shape index (κ2) is 8.72. The van der Waals surface area contributed by atoms with Crippen molar-refractivity contribution in [2.45, 2.75) is 51.0 Å². The predicted octanol–water partition coefficient (Wildman–Crippen LogP) is 5.11. The van der Waals surface area contributed by atoms with Crippen molar-refractivity contribution in [2.75, 3.05) is 5.32 Å². The third kappa shape index (κ3) is 3.94. The molecule has 180 valence electrons. The standard InChI is InChI=1S/C27H24FN7O/c1-16-11-21(28)20(12-24(16)34-14-23(31-15-34)17-5-6-17)27(36)33-25-4-2-3-22(32-25)26-30-13-19-8-7-18(9-10-29)35(19)26/h2-4,11-15,17-18H,5-9H2,1H3,(H,32,33,36)/t18-/m0/s1. The SMILES string of the molecule is Cc1cc(F)c(C(=O)Nc2cccc(-c3ncc4n3[C@H](CC#N)CC4)n2)cc1-n1cnc(C2CC2)c1. The summed E-state index contributed by atoms with van der Waals surface area (Å²) in [6.07, 6.45) is 9.91. The average Bonchev–Trinajstić information content (AvgIpc) is 3.25. The van der Waals surface area contributed by atoms with Crippen LogP contribution in [0.4, 0.5) is 10.2 Å². The molecule has 0 spiro atoms. The van der Waals surface area contributed by atoms with E-state index in [0.717, 1.165) is 37.1 Å². The van der Waals surface area contributed by atoms with Gasteiger partial charge >= 0.3 is 0 Å². The van der Waals surface area contributed by atoms with Crippen LogP contribution in [0.3, 0.4) is 0 Å². The molecule has 1 saturated carbocycles.